The van der Waals surface area contributed by atoms with Crippen LogP contribution < -0.4 is 15.0 Å². The van der Waals surface area contributed by atoms with Crippen molar-refractivity contribution in [1.29, 1.82) is 0 Å². The molecule has 0 aliphatic carbocycles. The number of anilines is 1. The molecular formula is C24H19Cl2N5OS. The highest BCUT2D eigenvalue weighted by atomic mass is 35.5. The molecule has 5 rings (SSSR count). The average molecular weight is 496 g/mol. The number of halogens is 2. The van der Waals surface area contributed by atoms with Crippen LogP contribution in [0.1, 0.15) is 23.5 Å². The monoisotopic (exact) mass is 495 g/mol. The van der Waals surface area contributed by atoms with Crippen molar-refractivity contribution in [2.24, 2.45) is 0 Å². The quantitative estimate of drug-likeness (QED) is 0.355. The summed E-state index contributed by atoms with van der Waals surface area (Å²) >= 11 is 18.3. The van der Waals surface area contributed by atoms with Gasteiger partial charge in [0.2, 0.25) is 0 Å². The summed E-state index contributed by atoms with van der Waals surface area (Å²) in [5.41, 5.74) is 2.71. The van der Waals surface area contributed by atoms with Gasteiger partial charge in [-0.2, -0.15) is 0 Å². The highest BCUT2D eigenvalue weighted by Crippen LogP contribution is 2.43. The van der Waals surface area contributed by atoms with Gasteiger partial charge in [-0.05, 0) is 66.8 Å². The van der Waals surface area contributed by atoms with E-state index in [9.17, 15) is 0 Å². The van der Waals surface area contributed by atoms with E-state index in [1.807, 2.05) is 65.4 Å². The molecule has 0 saturated carbocycles. The standard InChI is InChI=1S/C24H19Cl2N5OS/c1-32-20-9-8-16(13-17(20)26)31-23(22(29-24(31)33)18-5-2-3-11-27-18)19-6-4-12-30(19)21-10-7-15(25)14-28-21/h2-14,22-23H,1H3,(H,29,33)/t22-,23+/m0/s1. The fourth-order valence-corrected chi connectivity index (χ4v) is 4.80. The number of ether oxygens (including phenoxy) is 1. The Morgan fingerprint density at radius 1 is 1.03 bits per heavy atom. The summed E-state index contributed by atoms with van der Waals surface area (Å²) in [6.45, 7) is 0. The number of rotatable bonds is 5. The van der Waals surface area contributed by atoms with Crippen LogP contribution in [-0.2, 0) is 0 Å². The summed E-state index contributed by atoms with van der Waals surface area (Å²) in [5, 5.41) is 5.12. The van der Waals surface area contributed by atoms with Crippen LogP contribution in [0.25, 0.3) is 5.82 Å². The number of hydrogen-bond acceptors (Lipinski definition) is 4. The van der Waals surface area contributed by atoms with Crippen molar-refractivity contribution in [3.63, 3.8) is 0 Å². The second-order valence-electron chi connectivity index (χ2n) is 7.45. The van der Waals surface area contributed by atoms with Crippen molar-refractivity contribution in [3.05, 3.63) is 101 Å². The van der Waals surface area contributed by atoms with Crippen LogP contribution in [0.5, 0.6) is 5.75 Å². The highest BCUT2D eigenvalue weighted by Gasteiger charge is 2.42. The number of pyridine rings is 2. The number of thiocarbonyl (C=S) groups is 1. The number of hydrogen-bond donors (Lipinski definition) is 1. The Bertz CT molecular complexity index is 1300. The van der Waals surface area contributed by atoms with Crippen LogP contribution in [0.2, 0.25) is 10.0 Å². The van der Waals surface area contributed by atoms with Gasteiger partial charge in [0.15, 0.2) is 5.11 Å². The third-order valence-electron chi connectivity index (χ3n) is 5.55. The third-order valence-corrected chi connectivity index (χ3v) is 6.39. The lowest BCUT2D eigenvalue weighted by molar-refractivity contribution is 0.415. The third kappa shape index (κ3) is 4.04. The Hall–Kier alpha value is -3.13. The maximum atomic E-state index is 6.47. The molecule has 166 valence electrons. The van der Waals surface area contributed by atoms with Gasteiger partial charge in [-0.3, -0.25) is 4.98 Å². The molecule has 0 unspecified atom stereocenters. The topological polar surface area (TPSA) is 55.2 Å². The highest BCUT2D eigenvalue weighted by molar-refractivity contribution is 7.80. The molecular weight excluding hydrogens is 477 g/mol. The molecule has 3 aromatic heterocycles. The van der Waals surface area contributed by atoms with Crippen molar-refractivity contribution in [1.82, 2.24) is 19.9 Å². The summed E-state index contributed by atoms with van der Waals surface area (Å²) in [6.07, 6.45) is 5.39. The fourth-order valence-electron chi connectivity index (χ4n) is 4.09. The molecule has 2 atom stereocenters. The maximum Gasteiger partial charge on any atom is 0.174 e. The minimum atomic E-state index is -0.218. The molecule has 1 saturated heterocycles. The van der Waals surface area contributed by atoms with E-state index >= 15 is 0 Å². The minimum Gasteiger partial charge on any atom is -0.495 e. The Morgan fingerprint density at radius 3 is 2.61 bits per heavy atom. The normalized spacial score (nSPS) is 17.8. The molecule has 4 heterocycles. The van der Waals surface area contributed by atoms with Gasteiger partial charge in [0, 0.05) is 30.0 Å². The van der Waals surface area contributed by atoms with Crippen molar-refractivity contribution in [2.75, 3.05) is 12.0 Å². The van der Waals surface area contributed by atoms with Gasteiger partial charge in [0.25, 0.3) is 0 Å². The maximum absolute atomic E-state index is 6.47. The molecule has 1 fully saturated rings. The molecule has 6 nitrogen and oxygen atoms in total. The summed E-state index contributed by atoms with van der Waals surface area (Å²) in [5.74, 6) is 1.36. The second kappa shape index (κ2) is 9.02. The van der Waals surface area contributed by atoms with Crippen molar-refractivity contribution in [3.8, 4) is 11.6 Å². The molecule has 9 heteroatoms. The summed E-state index contributed by atoms with van der Waals surface area (Å²) in [6, 6.07) is 18.8. The predicted octanol–water partition coefficient (Wildman–Crippen LogP) is 5.76. The second-order valence-corrected chi connectivity index (χ2v) is 8.68. The summed E-state index contributed by atoms with van der Waals surface area (Å²) < 4.78 is 7.37. The largest absolute Gasteiger partial charge is 0.495 e. The smallest absolute Gasteiger partial charge is 0.174 e. The van der Waals surface area contributed by atoms with Gasteiger partial charge in [0.05, 0.1) is 28.9 Å². The van der Waals surface area contributed by atoms with Crippen LogP contribution >= 0.6 is 35.4 Å². The minimum absolute atomic E-state index is 0.194. The lowest BCUT2D eigenvalue weighted by Gasteiger charge is -2.29. The molecule has 1 aromatic carbocycles. The van der Waals surface area contributed by atoms with E-state index in [2.05, 4.69) is 26.3 Å². The van der Waals surface area contributed by atoms with Crippen LogP contribution in [0.4, 0.5) is 5.69 Å². The van der Waals surface area contributed by atoms with Gasteiger partial charge < -0.3 is 19.5 Å². The van der Waals surface area contributed by atoms with E-state index in [4.69, 9.17) is 40.2 Å². The zero-order valence-electron chi connectivity index (χ0n) is 17.5. The van der Waals surface area contributed by atoms with E-state index in [1.54, 1.807) is 19.5 Å². The van der Waals surface area contributed by atoms with Crippen molar-refractivity contribution >= 4 is 46.2 Å². The zero-order valence-corrected chi connectivity index (χ0v) is 19.8. The lowest BCUT2D eigenvalue weighted by Crippen LogP contribution is -2.30. The summed E-state index contributed by atoms with van der Waals surface area (Å²) in [4.78, 5) is 11.2. The van der Waals surface area contributed by atoms with E-state index in [0.717, 1.165) is 22.9 Å². The Labute approximate surface area is 206 Å². The first-order valence-electron chi connectivity index (χ1n) is 10.2. The van der Waals surface area contributed by atoms with E-state index < -0.39 is 0 Å². The van der Waals surface area contributed by atoms with Gasteiger partial charge in [-0.15, -0.1) is 0 Å². The molecule has 1 aliphatic heterocycles. The number of methoxy groups -OCH3 is 1. The zero-order chi connectivity index (χ0) is 22.9. The molecule has 1 N–H and O–H groups in total. The van der Waals surface area contributed by atoms with Crippen LogP contribution in [0, 0.1) is 0 Å². The van der Waals surface area contributed by atoms with Crippen LogP contribution in [0.15, 0.2) is 79.3 Å². The van der Waals surface area contributed by atoms with Crippen molar-refractivity contribution in [2.45, 2.75) is 12.1 Å². The molecule has 0 radical (unpaired) electrons. The predicted molar refractivity (Wildman–Crippen MR) is 135 cm³/mol. The van der Waals surface area contributed by atoms with Gasteiger partial charge in [0.1, 0.15) is 17.6 Å². The fraction of sp³-hybridized carbons (Fsp3) is 0.125. The van der Waals surface area contributed by atoms with E-state index in [-0.39, 0.29) is 12.1 Å². The molecule has 4 aromatic rings. The molecule has 1 aliphatic rings. The van der Waals surface area contributed by atoms with Gasteiger partial charge >= 0.3 is 0 Å². The lowest BCUT2D eigenvalue weighted by atomic mass is 10.0. The Balaban J connectivity index is 1.66. The Morgan fingerprint density at radius 2 is 1.91 bits per heavy atom. The van der Waals surface area contributed by atoms with E-state index in [1.165, 1.54) is 0 Å². The Kier molecular flexibility index (Phi) is 5.93. The van der Waals surface area contributed by atoms with E-state index in [0.29, 0.717) is 20.9 Å². The van der Waals surface area contributed by atoms with Crippen LogP contribution in [-0.4, -0.2) is 26.8 Å². The first-order chi connectivity index (χ1) is 16.1. The van der Waals surface area contributed by atoms with Gasteiger partial charge in [-0.1, -0.05) is 29.3 Å². The molecule has 0 spiro atoms. The van der Waals surface area contributed by atoms with Gasteiger partial charge in [-0.25, -0.2) is 4.98 Å². The number of nitrogens with one attached hydrogen (secondary N) is 1. The molecule has 0 bridgehead atoms. The average Bonchev–Trinajstić information content (AvgIpc) is 3.44. The SMILES string of the molecule is COc1ccc(N2C(=S)N[C@@H](c3ccccn3)[C@H]2c2cccn2-c2ccc(Cl)cn2)cc1Cl. The first kappa shape index (κ1) is 21.7. The number of benzene rings is 1. The first-order valence-corrected chi connectivity index (χ1v) is 11.4. The molecule has 33 heavy (non-hydrogen) atoms. The molecule has 0 amide bonds. The number of nitrogens with zero attached hydrogens (tertiary/aromatic N) is 4. The number of aromatic nitrogens is 3. The van der Waals surface area contributed by atoms with Crippen LogP contribution in [0.3, 0.4) is 0 Å². The summed E-state index contributed by atoms with van der Waals surface area (Å²) in [7, 11) is 1.59. The van der Waals surface area contributed by atoms with Crippen molar-refractivity contribution < 1.29 is 4.74 Å².